The molecule has 4 heteroatoms. The second kappa shape index (κ2) is 4.56. The zero-order valence-corrected chi connectivity index (χ0v) is 11.3. The number of halogens is 1. The lowest BCUT2D eigenvalue weighted by Crippen LogP contribution is -2.41. The molecule has 0 aromatic heterocycles. The third-order valence-corrected chi connectivity index (χ3v) is 3.23. The molecule has 0 aromatic carbocycles. The lowest BCUT2D eigenvalue weighted by atomic mass is 10.1. The minimum absolute atomic E-state index is 0.231. The Morgan fingerprint density at radius 3 is 2.67 bits per heavy atom. The number of hydrogen-bond donors (Lipinski definition) is 0. The second-order valence-electron chi connectivity index (χ2n) is 4.88. The van der Waals surface area contributed by atoms with Crippen LogP contribution in [0.2, 0.25) is 0 Å². The van der Waals surface area contributed by atoms with Gasteiger partial charge in [-0.25, -0.2) is 4.79 Å². The molecular formula is C11H18BrNO2. The fourth-order valence-electron chi connectivity index (χ4n) is 1.37. The summed E-state index contributed by atoms with van der Waals surface area (Å²) >= 11 is 3.47. The molecule has 86 valence electrons. The normalized spacial score (nSPS) is 22.3. The van der Waals surface area contributed by atoms with E-state index in [1.165, 1.54) is 4.48 Å². The predicted octanol–water partition coefficient (Wildman–Crippen LogP) is 3.15. The Hall–Kier alpha value is -0.510. The highest BCUT2D eigenvalue weighted by Crippen LogP contribution is 2.23. The van der Waals surface area contributed by atoms with Crippen LogP contribution in [0, 0.1) is 5.92 Å². The summed E-state index contributed by atoms with van der Waals surface area (Å²) in [5.41, 5.74) is -0.418. The van der Waals surface area contributed by atoms with Gasteiger partial charge in [0.1, 0.15) is 5.60 Å². The minimum atomic E-state index is -0.418. The van der Waals surface area contributed by atoms with Gasteiger partial charge in [0.15, 0.2) is 0 Å². The maximum absolute atomic E-state index is 11.7. The van der Waals surface area contributed by atoms with Crippen molar-refractivity contribution in [2.75, 3.05) is 13.1 Å². The average Bonchev–Trinajstić information content (AvgIpc) is 2.06. The first-order valence-electron chi connectivity index (χ1n) is 5.13. The Morgan fingerprint density at radius 2 is 2.20 bits per heavy atom. The predicted molar refractivity (Wildman–Crippen MR) is 64.0 cm³/mol. The number of hydrogen-bond acceptors (Lipinski definition) is 2. The molecule has 0 fully saturated rings. The molecule has 15 heavy (non-hydrogen) atoms. The van der Waals surface area contributed by atoms with Crippen molar-refractivity contribution in [1.29, 1.82) is 0 Å². The van der Waals surface area contributed by atoms with Crippen LogP contribution in [0.5, 0.6) is 0 Å². The molecule has 0 spiro atoms. The highest BCUT2D eigenvalue weighted by atomic mass is 79.9. The molecule has 3 nitrogen and oxygen atoms in total. The quantitative estimate of drug-likeness (QED) is 0.680. The molecule has 1 atom stereocenters. The fourth-order valence-corrected chi connectivity index (χ4v) is 1.66. The van der Waals surface area contributed by atoms with Crippen LogP contribution in [-0.4, -0.2) is 29.7 Å². The molecule has 1 unspecified atom stereocenters. The van der Waals surface area contributed by atoms with Gasteiger partial charge < -0.3 is 9.64 Å². The molecule has 1 heterocycles. The summed E-state index contributed by atoms with van der Waals surface area (Å²) in [5, 5.41) is 0. The second-order valence-corrected chi connectivity index (χ2v) is 5.79. The van der Waals surface area contributed by atoms with Crippen molar-refractivity contribution < 1.29 is 9.53 Å². The molecule has 0 saturated carbocycles. The average molecular weight is 276 g/mol. The Morgan fingerprint density at radius 1 is 1.60 bits per heavy atom. The Balaban J connectivity index is 2.57. The summed E-state index contributed by atoms with van der Waals surface area (Å²) < 4.78 is 6.47. The van der Waals surface area contributed by atoms with Gasteiger partial charge in [0.25, 0.3) is 0 Å². The van der Waals surface area contributed by atoms with E-state index < -0.39 is 5.60 Å². The SMILES string of the molecule is CC1CN(C(=O)OC(C)(C)C)CC=C1Br. The van der Waals surface area contributed by atoms with E-state index in [0.717, 1.165) is 0 Å². The van der Waals surface area contributed by atoms with E-state index in [2.05, 4.69) is 22.9 Å². The van der Waals surface area contributed by atoms with Gasteiger partial charge in [0.2, 0.25) is 0 Å². The molecular weight excluding hydrogens is 258 g/mol. The molecule has 0 N–H and O–H groups in total. The van der Waals surface area contributed by atoms with Crippen molar-refractivity contribution in [3.63, 3.8) is 0 Å². The first kappa shape index (κ1) is 12.6. The Labute approximate surface area is 99.6 Å². The van der Waals surface area contributed by atoms with Gasteiger partial charge in [0.05, 0.1) is 0 Å². The van der Waals surface area contributed by atoms with E-state index in [-0.39, 0.29) is 6.09 Å². The van der Waals surface area contributed by atoms with Crippen LogP contribution in [0.3, 0.4) is 0 Å². The monoisotopic (exact) mass is 275 g/mol. The number of carbonyl (C=O) groups excluding carboxylic acids is 1. The summed E-state index contributed by atoms with van der Waals surface area (Å²) in [6.07, 6.45) is 1.78. The lowest BCUT2D eigenvalue weighted by Gasteiger charge is -2.31. The van der Waals surface area contributed by atoms with Crippen LogP contribution in [-0.2, 0) is 4.74 Å². The van der Waals surface area contributed by atoms with Crippen molar-refractivity contribution in [2.24, 2.45) is 5.92 Å². The zero-order chi connectivity index (χ0) is 11.6. The van der Waals surface area contributed by atoms with Gasteiger partial charge in [-0.15, -0.1) is 0 Å². The van der Waals surface area contributed by atoms with E-state index in [1.807, 2.05) is 26.8 Å². The van der Waals surface area contributed by atoms with Gasteiger partial charge in [-0.1, -0.05) is 28.9 Å². The molecule has 1 rings (SSSR count). The number of rotatable bonds is 0. The van der Waals surface area contributed by atoms with Crippen molar-refractivity contribution in [2.45, 2.75) is 33.3 Å². The molecule has 0 radical (unpaired) electrons. The molecule has 1 aliphatic heterocycles. The maximum Gasteiger partial charge on any atom is 0.410 e. The smallest absolute Gasteiger partial charge is 0.410 e. The summed E-state index contributed by atoms with van der Waals surface area (Å²) in [5.74, 6) is 0.353. The van der Waals surface area contributed by atoms with Gasteiger partial charge in [0, 0.05) is 19.0 Å². The maximum atomic E-state index is 11.7. The molecule has 0 aliphatic carbocycles. The fraction of sp³-hybridized carbons (Fsp3) is 0.727. The summed E-state index contributed by atoms with van der Waals surface area (Å²) in [4.78, 5) is 13.4. The van der Waals surface area contributed by atoms with E-state index >= 15 is 0 Å². The minimum Gasteiger partial charge on any atom is -0.444 e. The number of amides is 1. The van der Waals surface area contributed by atoms with E-state index in [4.69, 9.17) is 4.74 Å². The van der Waals surface area contributed by atoms with Crippen LogP contribution in [0.15, 0.2) is 10.6 Å². The van der Waals surface area contributed by atoms with Crippen LogP contribution in [0.1, 0.15) is 27.7 Å². The first-order chi connectivity index (χ1) is 6.79. The zero-order valence-electron chi connectivity index (χ0n) is 9.71. The van der Waals surface area contributed by atoms with Crippen molar-refractivity contribution in [1.82, 2.24) is 4.90 Å². The third-order valence-electron chi connectivity index (χ3n) is 2.12. The number of ether oxygens (including phenoxy) is 1. The van der Waals surface area contributed by atoms with Crippen molar-refractivity contribution >= 4 is 22.0 Å². The lowest BCUT2D eigenvalue weighted by molar-refractivity contribution is 0.0247. The molecule has 1 amide bonds. The highest BCUT2D eigenvalue weighted by Gasteiger charge is 2.25. The molecule has 0 bridgehead atoms. The van der Waals surface area contributed by atoms with Gasteiger partial charge >= 0.3 is 6.09 Å². The summed E-state index contributed by atoms with van der Waals surface area (Å²) in [6, 6.07) is 0. The van der Waals surface area contributed by atoms with Crippen LogP contribution < -0.4 is 0 Å². The van der Waals surface area contributed by atoms with Gasteiger partial charge in [-0.3, -0.25) is 0 Å². The number of carbonyl (C=O) groups is 1. The third kappa shape index (κ3) is 3.86. The van der Waals surface area contributed by atoms with E-state index in [9.17, 15) is 4.79 Å². The van der Waals surface area contributed by atoms with Crippen LogP contribution in [0.4, 0.5) is 4.79 Å². The van der Waals surface area contributed by atoms with E-state index in [1.54, 1.807) is 4.90 Å². The number of nitrogens with zero attached hydrogens (tertiary/aromatic N) is 1. The topological polar surface area (TPSA) is 29.5 Å². The Kier molecular flexibility index (Phi) is 3.82. The van der Waals surface area contributed by atoms with Crippen LogP contribution in [0.25, 0.3) is 0 Å². The Bertz CT molecular complexity index is 281. The molecule has 1 aliphatic rings. The standard InChI is InChI=1S/C11H18BrNO2/c1-8-7-13(6-5-9(8)12)10(14)15-11(2,3)4/h5,8H,6-7H2,1-4H3. The largest absolute Gasteiger partial charge is 0.444 e. The van der Waals surface area contributed by atoms with Crippen molar-refractivity contribution in [3.05, 3.63) is 10.6 Å². The molecule has 0 aromatic rings. The highest BCUT2D eigenvalue weighted by molar-refractivity contribution is 9.11. The summed E-state index contributed by atoms with van der Waals surface area (Å²) in [7, 11) is 0. The van der Waals surface area contributed by atoms with Crippen molar-refractivity contribution in [3.8, 4) is 0 Å². The van der Waals surface area contributed by atoms with Gasteiger partial charge in [-0.2, -0.15) is 0 Å². The first-order valence-corrected chi connectivity index (χ1v) is 5.92. The molecule has 0 saturated heterocycles. The van der Waals surface area contributed by atoms with E-state index in [0.29, 0.717) is 19.0 Å². The summed E-state index contributed by atoms with van der Waals surface area (Å²) in [6.45, 7) is 9.06. The van der Waals surface area contributed by atoms with Crippen LogP contribution >= 0.6 is 15.9 Å². The van der Waals surface area contributed by atoms with Gasteiger partial charge in [-0.05, 0) is 25.3 Å².